The van der Waals surface area contributed by atoms with Crippen LogP contribution < -0.4 is 0 Å². The molecule has 0 heterocycles. The Morgan fingerprint density at radius 3 is 2.75 bits per heavy atom. The van der Waals surface area contributed by atoms with Crippen LogP contribution in [0.2, 0.25) is 0 Å². The molecule has 0 unspecified atom stereocenters. The Morgan fingerprint density at radius 2 is 2.33 bits per heavy atom. The molecule has 0 amide bonds. The standard InChI is InChI=1S/C10H14O2/c1-3-5-9(8-6-7-8)10(11)12-4-2/h3H,1,4-7H2,2H3. The van der Waals surface area contributed by atoms with Gasteiger partial charge in [-0.3, -0.25) is 0 Å². The van der Waals surface area contributed by atoms with Crippen molar-refractivity contribution in [2.75, 3.05) is 6.61 Å². The molecule has 1 aliphatic rings. The monoisotopic (exact) mass is 166 g/mol. The van der Waals surface area contributed by atoms with E-state index >= 15 is 0 Å². The highest BCUT2D eigenvalue weighted by atomic mass is 16.5. The van der Waals surface area contributed by atoms with E-state index in [1.165, 1.54) is 5.57 Å². The molecule has 2 nitrogen and oxygen atoms in total. The molecule has 66 valence electrons. The molecule has 1 rings (SSSR count). The maximum atomic E-state index is 11.3. The zero-order valence-electron chi connectivity index (χ0n) is 7.43. The molecule has 1 saturated carbocycles. The lowest BCUT2D eigenvalue weighted by Crippen LogP contribution is -2.07. The first kappa shape index (κ1) is 9.04. The third-order valence-electron chi connectivity index (χ3n) is 1.80. The Bertz CT molecular complexity index is 220. The quantitative estimate of drug-likeness (QED) is 0.363. The van der Waals surface area contributed by atoms with Gasteiger partial charge in [0.1, 0.15) is 0 Å². The van der Waals surface area contributed by atoms with Gasteiger partial charge < -0.3 is 4.74 Å². The van der Waals surface area contributed by atoms with Crippen LogP contribution in [0.3, 0.4) is 0 Å². The van der Waals surface area contributed by atoms with Crippen LogP contribution in [0.1, 0.15) is 26.2 Å². The predicted molar refractivity (Wildman–Crippen MR) is 47.7 cm³/mol. The van der Waals surface area contributed by atoms with Crippen molar-refractivity contribution in [1.82, 2.24) is 0 Å². The molecule has 0 atom stereocenters. The molecule has 0 aromatic rings. The lowest BCUT2D eigenvalue weighted by molar-refractivity contribution is -0.138. The molecule has 0 aromatic carbocycles. The summed E-state index contributed by atoms with van der Waals surface area (Å²) in [5.41, 5.74) is 2.07. The maximum Gasteiger partial charge on any atom is 0.334 e. The fourth-order valence-corrected chi connectivity index (χ4v) is 1.10. The van der Waals surface area contributed by atoms with Crippen LogP contribution in [0.25, 0.3) is 0 Å². The lowest BCUT2D eigenvalue weighted by atomic mass is 10.1. The van der Waals surface area contributed by atoms with Crippen LogP contribution in [-0.4, -0.2) is 12.6 Å². The Labute approximate surface area is 72.9 Å². The second kappa shape index (κ2) is 4.10. The molecular weight excluding hydrogens is 152 g/mol. The molecule has 0 radical (unpaired) electrons. The third kappa shape index (κ3) is 2.22. The summed E-state index contributed by atoms with van der Waals surface area (Å²) >= 11 is 0. The largest absolute Gasteiger partial charge is 0.463 e. The van der Waals surface area contributed by atoms with Crippen molar-refractivity contribution < 1.29 is 9.53 Å². The summed E-state index contributed by atoms with van der Waals surface area (Å²) in [5.74, 6) is -0.162. The molecule has 2 heteroatoms. The summed E-state index contributed by atoms with van der Waals surface area (Å²) in [6.45, 7) is 5.88. The van der Waals surface area contributed by atoms with Crippen molar-refractivity contribution in [3.63, 3.8) is 0 Å². The van der Waals surface area contributed by atoms with Crippen molar-refractivity contribution in [3.8, 4) is 0 Å². The normalized spacial score (nSPS) is 13.9. The van der Waals surface area contributed by atoms with Gasteiger partial charge in [0.05, 0.1) is 6.61 Å². The number of allylic oxidation sites excluding steroid dienone is 2. The second-order valence-electron chi connectivity index (χ2n) is 2.80. The minimum absolute atomic E-state index is 0.162. The Balaban J connectivity index is 2.60. The molecule has 1 aliphatic carbocycles. The van der Waals surface area contributed by atoms with Gasteiger partial charge >= 0.3 is 5.97 Å². The smallest absolute Gasteiger partial charge is 0.334 e. The SMILES string of the molecule is C=CCC(C(=O)OCC)=C1CC1. The molecule has 0 spiro atoms. The van der Waals surface area contributed by atoms with Crippen LogP contribution in [0.15, 0.2) is 23.8 Å². The number of hydrogen-bond acceptors (Lipinski definition) is 2. The van der Waals surface area contributed by atoms with Gasteiger partial charge in [0.15, 0.2) is 0 Å². The highest BCUT2D eigenvalue weighted by Gasteiger charge is 2.22. The summed E-state index contributed by atoms with van der Waals surface area (Å²) < 4.78 is 4.91. The van der Waals surface area contributed by atoms with E-state index in [-0.39, 0.29) is 5.97 Å². The minimum atomic E-state index is -0.162. The number of carbonyl (C=O) groups is 1. The van der Waals surface area contributed by atoms with Crippen molar-refractivity contribution in [3.05, 3.63) is 23.8 Å². The molecule has 0 aromatic heterocycles. The van der Waals surface area contributed by atoms with Crippen LogP contribution in [0, 0.1) is 0 Å². The first-order valence-electron chi connectivity index (χ1n) is 4.28. The van der Waals surface area contributed by atoms with Gasteiger partial charge in [-0.1, -0.05) is 11.6 Å². The van der Waals surface area contributed by atoms with E-state index in [0.29, 0.717) is 13.0 Å². The third-order valence-corrected chi connectivity index (χ3v) is 1.80. The predicted octanol–water partition coefficient (Wildman–Crippen LogP) is 2.22. The van der Waals surface area contributed by atoms with Gasteiger partial charge in [-0.05, 0) is 26.2 Å². The van der Waals surface area contributed by atoms with Gasteiger partial charge in [-0.15, -0.1) is 6.58 Å². The van der Waals surface area contributed by atoms with E-state index in [4.69, 9.17) is 4.74 Å². The minimum Gasteiger partial charge on any atom is -0.463 e. The lowest BCUT2D eigenvalue weighted by Gasteiger charge is -2.02. The summed E-state index contributed by atoms with van der Waals surface area (Å²) in [7, 11) is 0. The van der Waals surface area contributed by atoms with Gasteiger partial charge in [-0.25, -0.2) is 4.79 Å². The maximum absolute atomic E-state index is 11.3. The van der Waals surface area contributed by atoms with Gasteiger partial charge in [-0.2, -0.15) is 0 Å². The van der Waals surface area contributed by atoms with Crippen molar-refractivity contribution >= 4 is 5.97 Å². The first-order chi connectivity index (χ1) is 5.79. The molecule has 1 fully saturated rings. The van der Waals surface area contributed by atoms with E-state index in [1.807, 2.05) is 6.92 Å². The van der Waals surface area contributed by atoms with Gasteiger partial charge in [0.25, 0.3) is 0 Å². The van der Waals surface area contributed by atoms with E-state index in [9.17, 15) is 4.79 Å². The fourth-order valence-electron chi connectivity index (χ4n) is 1.10. The number of ether oxygens (including phenoxy) is 1. The number of carbonyl (C=O) groups excluding carboxylic acids is 1. The number of rotatable bonds is 4. The highest BCUT2D eigenvalue weighted by Crippen LogP contribution is 2.33. The zero-order valence-corrected chi connectivity index (χ0v) is 7.43. The Hall–Kier alpha value is -1.05. The summed E-state index contributed by atoms with van der Waals surface area (Å²) in [6.07, 6.45) is 4.51. The average molecular weight is 166 g/mol. The fraction of sp³-hybridized carbons (Fsp3) is 0.500. The molecule has 0 aliphatic heterocycles. The second-order valence-corrected chi connectivity index (χ2v) is 2.80. The van der Waals surface area contributed by atoms with Crippen LogP contribution in [-0.2, 0) is 9.53 Å². The Kier molecular flexibility index (Phi) is 3.09. The van der Waals surface area contributed by atoms with E-state index < -0.39 is 0 Å². The van der Waals surface area contributed by atoms with Gasteiger partial charge in [0, 0.05) is 5.57 Å². The molecular formula is C10H14O2. The van der Waals surface area contributed by atoms with E-state index in [2.05, 4.69) is 6.58 Å². The van der Waals surface area contributed by atoms with Crippen LogP contribution in [0.4, 0.5) is 0 Å². The summed E-state index contributed by atoms with van der Waals surface area (Å²) in [4.78, 5) is 11.3. The average Bonchev–Trinajstić information content (AvgIpc) is 2.83. The number of esters is 1. The van der Waals surface area contributed by atoms with Crippen molar-refractivity contribution in [2.45, 2.75) is 26.2 Å². The van der Waals surface area contributed by atoms with Crippen molar-refractivity contribution in [1.29, 1.82) is 0 Å². The van der Waals surface area contributed by atoms with Gasteiger partial charge in [0.2, 0.25) is 0 Å². The topological polar surface area (TPSA) is 26.3 Å². The van der Waals surface area contributed by atoms with Crippen LogP contribution in [0.5, 0.6) is 0 Å². The van der Waals surface area contributed by atoms with Crippen molar-refractivity contribution in [2.24, 2.45) is 0 Å². The molecule has 0 bridgehead atoms. The Morgan fingerprint density at radius 1 is 1.67 bits per heavy atom. The van der Waals surface area contributed by atoms with E-state index in [1.54, 1.807) is 6.08 Å². The first-order valence-corrected chi connectivity index (χ1v) is 4.28. The highest BCUT2D eigenvalue weighted by molar-refractivity contribution is 5.90. The molecule has 12 heavy (non-hydrogen) atoms. The molecule has 0 N–H and O–H groups in total. The summed E-state index contributed by atoms with van der Waals surface area (Å²) in [5, 5.41) is 0. The van der Waals surface area contributed by atoms with E-state index in [0.717, 1.165) is 18.4 Å². The number of hydrogen-bond donors (Lipinski definition) is 0. The van der Waals surface area contributed by atoms with Crippen LogP contribution >= 0.6 is 0 Å². The molecule has 0 saturated heterocycles. The summed E-state index contributed by atoms with van der Waals surface area (Å²) in [6, 6.07) is 0. The zero-order chi connectivity index (χ0) is 8.97.